The molecule has 0 amide bonds. The van der Waals surface area contributed by atoms with Gasteiger partial charge in [0.15, 0.2) is 0 Å². The molecule has 0 fully saturated rings. The largest absolute Gasteiger partial charge is 0.497 e. The summed E-state index contributed by atoms with van der Waals surface area (Å²) in [4.78, 5) is 0. The summed E-state index contributed by atoms with van der Waals surface area (Å²) in [5.74, 6) is 0.569. The number of hydrogen-bond acceptors (Lipinski definition) is 3. The number of benzene rings is 3. The number of pyridine rings is 1. The molecule has 0 aliphatic carbocycles. The van der Waals surface area contributed by atoms with E-state index in [1.807, 2.05) is 48.5 Å². The van der Waals surface area contributed by atoms with E-state index in [-0.39, 0.29) is 5.82 Å². The number of rotatable bonds is 4. The Morgan fingerprint density at radius 3 is 2.34 bits per heavy atom. The Balaban J connectivity index is 1.68. The first-order chi connectivity index (χ1) is 14.2. The summed E-state index contributed by atoms with van der Waals surface area (Å²) in [6, 6.07) is 22.6. The second-order valence-corrected chi connectivity index (χ2v) is 6.94. The van der Waals surface area contributed by atoms with E-state index in [0.717, 1.165) is 44.7 Å². The summed E-state index contributed by atoms with van der Waals surface area (Å²) in [5.41, 5.74) is 5.76. The van der Waals surface area contributed by atoms with Gasteiger partial charge in [0.05, 0.1) is 12.6 Å². The standard InChI is InChI=1S/C24H18FN3O/c1-29-19-12-8-17(9-13-19)23-21-15-28(14-16-6-10-18(25)11-7-16)22-5-3-2-4-20(22)24(21)27-26-23/h2-13,15H,14H2,1H3. The van der Waals surface area contributed by atoms with Crippen LogP contribution in [0, 0.1) is 5.82 Å². The third-order valence-electron chi connectivity index (χ3n) is 5.14. The molecular formula is C24H18FN3O. The SMILES string of the molecule is COc1ccc(-c2nnc3c4ccccc4n(Cc4ccc(F)cc4)cc2-3)cc1. The predicted molar refractivity (Wildman–Crippen MR) is 112 cm³/mol. The summed E-state index contributed by atoms with van der Waals surface area (Å²) in [6.07, 6.45) is 2.08. The Bertz CT molecular complexity index is 1260. The van der Waals surface area contributed by atoms with Gasteiger partial charge >= 0.3 is 0 Å². The van der Waals surface area contributed by atoms with Gasteiger partial charge in [0, 0.05) is 29.3 Å². The van der Waals surface area contributed by atoms with E-state index in [9.17, 15) is 4.39 Å². The fourth-order valence-electron chi connectivity index (χ4n) is 3.67. The Hall–Kier alpha value is -3.73. The van der Waals surface area contributed by atoms with Crippen LogP contribution in [-0.2, 0) is 6.54 Å². The van der Waals surface area contributed by atoms with Crippen LogP contribution in [0.1, 0.15) is 5.56 Å². The number of aromatic nitrogens is 3. The number of fused-ring (bicyclic) bond motifs is 3. The molecule has 2 aliphatic heterocycles. The maximum atomic E-state index is 13.3. The van der Waals surface area contributed by atoms with Gasteiger partial charge in [0.2, 0.25) is 0 Å². The summed E-state index contributed by atoms with van der Waals surface area (Å²) >= 11 is 0. The van der Waals surface area contributed by atoms with Crippen LogP contribution in [0.2, 0.25) is 0 Å². The van der Waals surface area contributed by atoms with Crippen molar-refractivity contribution >= 4 is 10.9 Å². The number of halogens is 1. The lowest BCUT2D eigenvalue weighted by Crippen LogP contribution is -2.04. The molecule has 3 aromatic rings. The minimum atomic E-state index is -0.231. The van der Waals surface area contributed by atoms with Crippen LogP contribution in [0.3, 0.4) is 0 Å². The summed E-state index contributed by atoms with van der Waals surface area (Å²) in [6.45, 7) is 0.629. The second-order valence-electron chi connectivity index (χ2n) is 6.94. The molecule has 2 heterocycles. The molecular weight excluding hydrogens is 365 g/mol. The molecule has 0 saturated heterocycles. The van der Waals surface area contributed by atoms with E-state index in [1.165, 1.54) is 12.1 Å². The predicted octanol–water partition coefficient (Wildman–Crippen LogP) is 5.40. The normalized spacial score (nSPS) is 11.2. The lowest BCUT2D eigenvalue weighted by molar-refractivity contribution is 0.415. The van der Waals surface area contributed by atoms with Gasteiger partial charge < -0.3 is 9.30 Å². The first kappa shape index (κ1) is 17.4. The molecule has 0 spiro atoms. The fraction of sp³-hybridized carbons (Fsp3) is 0.0833. The smallest absolute Gasteiger partial charge is 0.123 e. The van der Waals surface area contributed by atoms with Gasteiger partial charge in [-0.25, -0.2) is 4.39 Å². The van der Waals surface area contributed by atoms with Crippen LogP contribution < -0.4 is 4.74 Å². The van der Waals surface area contributed by atoms with E-state index >= 15 is 0 Å². The molecule has 0 N–H and O–H groups in total. The maximum Gasteiger partial charge on any atom is 0.123 e. The monoisotopic (exact) mass is 383 g/mol. The molecule has 3 aromatic carbocycles. The van der Waals surface area contributed by atoms with Gasteiger partial charge in [0.25, 0.3) is 0 Å². The quantitative estimate of drug-likeness (QED) is 0.417. The molecule has 5 heteroatoms. The Kier molecular flexibility index (Phi) is 4.21. The Morgan fingerprint density at radius 1 is 0.862 bits per heavy atom. The van der Waals surface area contributed by atoms with Crippen molar-refractivity contribution in [2.75, 3.05) is 7.11 Å². The third-order valence-corrected chi connectivity index (χ3v) is 5.14. The van der Waals surface area contributed by atoms with Crippen molar-refractivity contribution in [3.63, 3.8) is 0 Å². The third kappa shape index (κ3) is 3.10. The molecule has 5 rings (SSSR count). The molecule has 2 aliphatic rings. The summed E-state index contributed by atoms with van der Waals surface area (Å²) < 4.78 is 20.7. The van der Waals surface area contributed by atoms with Crippen molar-refractivity contribution < 1.29 is 9.13 Å². The molecule has 142 valence electrons. The van der Waals surface area contributed by atoms with Crippen LogP contribution in [0.25, 0.3) is 33.4 Å². The van der Waals surface area contributed by atoms with Crippen LogP contribution in [0.5, 0.6) is 5.75 Å². The number of hydrogen-bond donors (Lipinski definition) is 0. The highest BCUT2D eigenvalue weighted by Crippen LogP contribution is 2.37. The van der Waals surface area contributed by atoms with Crippen molar-refractivity contribution in [1.29, 1.82) is 0 Å². The fourth-order valence-corrected chi connectivity index (χ4v) is 3.67. The lowest BCUT2D eigenvalue weighted by Gasteiger charge is -2.15. The van der Waals surface area contributed by atoms with Gasteiger partial charge in [-0.15, -0.1) is 10.2 Å². The van der Waals surface area contributed by atoms with Gasteiger partial charge in [-0.3, -0.25) is 0 Å². The number of para-hydroxylation sites is 1. The van der Waals surface area contributed by atoms with E-state index in [0.29, 0.717) is 6.54 Å². The summed E-state index contributed by atoms with van der Waals surface area (Å²) in [5, 5.41) is 10.00. The molecule has 0 saturated carbocycles. The zero-order valence-electron chi connectivity index (χ0n) is 15.8. The first-order valence-corrected chi connectivity index (χ1v) is 9.36. The van der Waals surface area contributed by atoms with E-state index in [2.05, 4.69) is 33.1 Å². The topological polar surface area (TPSA) is 39.9 Å². The van der Waals surface area contributed by atoms with Crippen LogP contribution >= 0.6 is 0 Å². The van der Waals surface area contributed by atoms with Crippen LogP contribution in [-0.4, -0.2) is 21.9 Å². The van der Waals surface area contributed by atoms with Gasteiger partial charge in [-0.1, -0.05) is 30.3 Å². The van der Waals surface area contributed by atoms with Crippen LogP contribution in [0.4, 0.5) is 4.39 Å². The van der Waals surface area contributed by atoms with Crippen LogP contribution in [0.15, 0.2) is 79.0 Å². The number of ether oxygens (including phenoxy) is 1. The summed E-state index contributed by atoms with van der Waals surface area (Å²) in [7, 11) is 1.65. The van der Waals surface area contributed by atoms with Crippen molar-refractivity contribution in [1.82, 2.24) is 14.8 Å². The number of methoxy groups -OCH3 is 1. The zero-order chi connectivity index (χ0) is 19.8. The Labute approximate surface area is 167 Å². The number of nitrogens with zero attached hydrogens (tertiary/aromatic N) is 3. The maximum absolute atomic E-state index is 13.3. The van der Waals surface area contributed by atoms with Crippen molar-refractivity contribution in [2.24, 2.45) is 0 Å². The molecule has 0 aromatic heterocycles. The van der Waals surface area contributed by atoms with Crippen molar-refractivity contribution in [2.45, 2.75) is 6.54 Å². The molecule has 29 heavy (non-hydrogen) atoms. The van der Waals surface area contributed by atoms with Crippen molar-refractivity contribution in [3.8, 4) is 28.3 Å². The molecule has 0 atom stereocenters. The van der Waals surface area contributed by atoms with E-state index < -0.39 is 0 Å². The molecule has 0 bridgehead atoms. The van der Waals surface area contributed by atoms with E-state index in [1.54, 1.807) is 7.11 Å². The Morgan fingerprint density at radius 2 is 1.59 bits per heavy atom. The van der Waals surface area contributed by atoms with Gasteiger partial charge in [-0.2, -0.15) is 0 Å². The first-order valence-electron chi connectivity index (χ1n) is 9.36. The molecule has 4 nitrogen and oxygen atoms in total. The lowest BCUT2D eigenvalue weighted by atomic mass is 10.0. The highest BCUT2D eigenvalue weighted by Gasteiger charge is 2.20. The van der Waals surface area contributed by atoms with Crippen molar-refractivity contribution in [3.05, 3.63) is 90.4 Å². The highest BCUT2D eigenvalue weighted by molar-refractivity contribution is 5.98. The molecule has 0 unspecified atom stereocenters. The average Bonchev–Trinajstić information content (AvgIpc) is 3.19. The van der Waals surface area contributed by atoms with Gasteiger partial charge in [-0.05, 0) is 48.0 Å². The van der Waals surface area contributed by atoms with E-state index in [4.69, 9.17) is 4.74 Å². The highest BCUT2D eigenvalue weighted by atomic mass is 19.1. The average molecular weight is 383 g/mol. The minimum Gasteiger partial charge on any atom is -0.497 e. The molecule has 0 radical (unpaired) electrons. The second kappa shape index (κ2) is 7.02. The van der Waals surface area contributed by atoms with Gasteiger partial charge in [0.1, 0.15) is 23.0 Å². The zero-order valence-corrected chi connectivity index (χ0v) is 15.8. The minimum absolute atomic E-state index is 0.231.